The van der Waals surface area contributed by atoms with Gasteiger partial charge >= 0.3 is 0 Å². The lowest BCUT2D eigenvalue weighted by molar-refractivity contribution is 1.32. The van der Waals surface area contributed by atoms with E-state index in [2.05, 4.69) is 39.0 Å². The van der Waals surface area contributed by atoms with Gasteiger partial charge in [0.1, 0.15) is 0 Å². The number of rotatable bonds is 1. The van der Waals surface area contributed by atoms with E-state index in [0.717, 1.165) is 5.02 Å². The highest BCUT2D eigenvalue weighted by Gasteiger charge is 2.06. The quantitative estimate of drug-likeness (QED) is 0.652. The van der Waals surface area contributed by atoms with Crippen molar-refractivity contribution in [3.63, 3.8) is 0 Å². The van der Waals surface area contributed by atoms with E-state index in [1.54, 1.807) is 0 Å². The second kappa shape index (κ2) is 4.31. The molecule has 0 aliphatic carbocycles. The molecule has 0 aliphatic rings. The Morgan fingerprint density at radius 1 is 0.875 bits per heavy atom. The van der Waals surface area contributed by atoms with Crippen molar-refractivity contribution >= 4 is 11.6 Å². The lowest BCUT2D eigenvalue weighted by Gasteiger charge is -2.11. The Morgan fingerprint density at radius 2 is 1.50 bits per heavy atom. The minimum atomic E-state index is 0.789. The monoisotopic (exact) mass is 230 g/mol. The average molecular weight is 231 g/mol. The summed E-state index contributed by atoms with van der Waals surface area (Å²) in [7, 11) is 0. The maximum atomic E-state index is 6.03. The molecule has 2 rings (SSSR count). The van der Waals surface area contributed by atoms with Crippen LogP contribution < -0.4 is 0 Å². The molecule has 0 aromatic heterocycles. The zero-order chi connectivity index (χ0) is 11.7. The number of halogens is 1. The number of hydrogen-bond acceptors (Lipinski definition) is 0. The summed E-state index contributed by atoms with van der Waals surface area (Å²) in [4.78, 5) is 0. The first-order valence-electron chi connectivity index (χ1n) is 5.42. The predicted molar refractivity (Wildman–Crippen MR) is 71.1 cm³/mol. The van der Waals surface area contributed by atoms with Gasteiger partial charge in [-0.1, -0.05) is 41.4 Å². The summed E-state index contributed by atoms with van der Waals surface area (Å²) in [5, 5.41) is 0.789. The third kappa shape index (κ3) is 2.12. The summed E-state index contributed by atoms with van der Waals surface area (Å²) < 4.78 is 0. The Labute approximate surface area is 102 Å². The fraction of sp³-hybridized carbons (Fsp3) is 0.200. The van der Waals surface area contributed by atoms with Crippen molar-refractivity contribution in [2.75, 3.05) is 0 Å². The van der Waals surface area contributed by atoms with Crippen molar-refractivity contribution in [1.82, 2.24) is 0 Å². The maximum absolute atomic E-state index is 6.03. The van der Waals surface area contributed by atoms with Crippen molar-refractivity contribution in [3.05, 3.63) is 58.1 Å². The highest BCUT2D eigenvalue weighted by molar-refractivity contribution is 6.30. The molecule has 2 aromatic rings. The van der Waals surface area contributed by atoms with Gasteiger partial charge < -0.3 is 0 Å². The Balaban J connectivity index is 2.64. The summed E-state index contributed by atoms with van der Waals surface area (Å²) in [5.41, 5.74) is 6.41. The molecule has 0 amide bonds. The maximum Gasteiger partial charge on any atom is 0.0412 e. The molecule has 0 spiro atoms. The van der Waals surface area contributed by atoms with Crippen molar-refractivity contribution in [2.45, 2.75) is 20.8 Å². The molecule has 0 atom stereocenters. The van der Waals surface area contributed by atoms with E-state index in [1.807, 2.05) is 18.2 Å². The molecule has 0 heterocycles. The first kappa shape index (κ1) is 11.2. The Bertz CT molecular complexity index is 504. The minimum Gasteiger partial charge on any atom is -0.0843 e. The Kier molecular flexibility index (Phi) is 3.02. The summed E-state index contributed by atoms with van der Waals surface area (Å²) in [6.07, 6.45) is 0. The van der Waals surface area contributed by atoms with Gasteiger partial charge in [0.15, 0.2) is 0 Å². The Hall–Kier alpha value is -1.27. The highest BCUT2D eigenvalue weighted by Crippen LogP contribution is 2.29. The second-order valence-electron chi connectivity index (χ2n) is 4.28. The van der Waals surface area contributed by atoms with Gasteiger partial charge in [-0.2, -0.15) is 0 Å². The van der Waals surface area contributed by atoms with Gasteiger partial charge in [0.25, 0.3) is 0 Å². The van der Waals surface area contributed by atoms with Crippen LogP contribution in [0.5, 0.6) is 0 Å². The third-order valence-corrected chi connectivity index (χ3v) is 3.03. The van der Waals surface area contributed by atoms with E-state index in [4.69, 9.17) is 11.6 Å². The van der Waals surface area contributed by atoms with Crippen molar-refractivity contribution in [2.24, 2.45) is 0 Å². The molecule has 0 bridgehead atoms. The molecule has 0 saturated carbocycles. The van der Waals surface area contributed by atoms with Crippen molar-refractivity contribution in [1.29, 1.82) is 0 Å². The standard InChI is InChI=1S/C15H15Cl/c1-10-7-11(2)15(12(3)8-10)13-5-4-6-14(16)9-13/h4-9H,1-3H3. The molecule has 0 nitrogen and oxygen atoms in total. The zero-order valence-corrected chi connectivity index (χ0v) is 10.6. The molecule has 0 aliphatic heterocycles. The summed E-state index contributed by atoms with van der Waals surface area (Å²) >= 11 is 6.03. The molecular weight excluding hydrogens is 216 g/mol. The fourth-order valence-corrected chi connectivity index (χ4v) is 2.47. The molecule has 82 valence electrons. The summed E-state index contributed by atoms with van der Waals surface area (Å²) in [6.45, 7) is 6.42. The van der Waals surface area contributed by atoms with Gasteiger partial charge in [-0.25, -0.2) is 0 Å². The van der Waals surface area contributed by atoms with E-state index in [0.29, 0.717) is 0 Å². The van der Waals surface area contributed by atoms with E-state index >= 15 is 0 Å². The summed E-state index contributed by atoms with van der Waals surface area (Å²) in [5.74, 6) is 0. The van der Waals surface area contributed by atoms with E-state index < -0.39 is 0 Å². The first-order valence-corrected chi connectivity index (χ1v) is 5.79. The summed E-state index contributed by atoms with van der Waals surface area (Å²) in [6, 6.07) is 12.5. The van der Waals surface area contributed by atoms with Gasteiger partial charge in [-0.05, 0) is 55.2 Å². The number of aryl methyl sites for hydroxylation is 3. The van der Waals surface area contributed by atoms with Crippen LogP contribution in [0.15, 0.2) is 36.4 Å². The largest absolute Gasteiger partial charge is 0.0843 e. The molecule has 1 heteroatoms. The average Bonchev–Trinajstić information content (AvgIpc) is 2.15. The molecule has 16 heavy (non-hydrogen) atoms. The molecule has 2 aromatic carbocycles. The van der Waals surface area contributed by atoms with Gasteiger partial charge in [0.2, 0.25) is 0 Å². The van der Waals surface area contributed by atoms with Crippen LogP contribution in [0.25, 0.3) is 11.1 Å². The first-order chi connectivity index (χ1) is 7.58. The normalized spacial score (nSPS) is 10.5. The van der Waals surface area contributed by atoms with Gasteiger partial charge in [-0.3, -0.25) is 0 Å². The van der Waals surface area contributed by atoms with Gasteiger partial charge in [0, 0.05) is 5.02 Å². The van der Waals surface area contributed by atoms with E-state index in [1.165, 1.54) is 27.8 Å². The van der Waals surface area contributed by atoms with Crippen LogP contribution in [-0.2, 0) is 0 Å². The van der Waals surface area contributed by atoms with Crippen LogP contribution in [0, 0.1) is 20.8 Å². The van der Waals surface area contributed by atoms with E-state index in [9.17, 15) is 0 Å². The van der Waals surface area contributed by atoms with Gasteiger partial charge in [0.05, 0.1) is 0 Å². The highest BCUT2D eigenvalue weighted by atomic mass is 35.5. The Morgan fingerprint density at radius 3 is 2.06 bits per heavy atom. The SMILES string of the molecule is Cc1cc(C)c(-c2cccc(Cl)c2)c(C)c1. The van der Waals surface area contributed by atoms with Crippen LogP contribution in [0.1, 0.15) is 16.7 Å². The zero-order valence-electron chi connectivity index (χ0n) is 9.84. The third-order valence-electron chi connectivity index (χ3n) is 2.79. The predicted octanol–water partition coefficient (Wildman–Crippen LogP) is 4.93. The number of hydrogen-bond donors (Lipinski definition) is 0. The topological polar surface area (TPSA) is 0 Å². The lowest BCUT2D eigenvalue weighted by Crippen LogP contribution is -1.89. The fourth-order valence-electron chi connectivity index (χ4n) is 2.28. The second-order valence-corrected chi connectivity index (χ2v) is 4.72. The van der Waals surface area contributed by atoms with Crippen LogP contribution in [0.4, 0.5) is 0 Å². The molecule has 0 N–H and O–H groups in total. The molecule has 0 fully saturated rings. The minimum absolute atomic E-state index is 0.789. The van der Waals surface area contributed by atoms with Crippen LogP contribution >= 0.6 is 11.6 Å². The van der Waals surface area contributed by atoms with Crippen LogP contribution in [-0.4, -0.2) is 0 Å². The van der Waals surface area contributed by atoms with E-state index in [-0.39, 0.29) is 0 Å². The van der Waals surface area contributed by atoms with Gasteiger partial charge in [-0.15, -0.1) is 0 Å². The molecule has 0 unspecified atom stereocenters. The smallest absolute Gasteiger partial charge is 0.0412 e. The molecular formula is C15H15Cl. The van der Waals surface area contributed by atoms with Crippen molar-refractivity contribution < 1.29 is 0 Å². The molecule has 0 radical (unpaired) electrons. The lowest BCUT2D eigenvalue weighted by atomic mass is 9.94. The number of benzene rings is 2. The van der Waals surface area contributed by atoms with Crippen LogP contribution in [0.3, 0.4) is 0 Å². The molecule has 0 saturated heterocycles. The van der Waals surface area contributed by atoms with Crippen LogP contribution in [0.2, 0.25) is 5.02 Å². The van der Waals surface area contributed by atoms with Crippen molar-refractivity contribution in [3.8, 4) is 11.1 Å².